The van der Waals surface area contributed by atoms with Gasteiger partial charge in [-0.1, -0.05) is 32.0 Å². The van der Waals surface area contributed by atoms with Gasteiger partial charge in [-0.25, -0.2) is 0 Å². The highest BCUT2D eigenvalue weighted by Gasteiger charge is 2.25. The second kappa shape index (κ2) is 10.5. The lowest BCUT2D eigenvalue weighted by Gasteiger charge is -2.35. The van der Waals surface area contributed by atoms with E-state index in [0.717, 1.165) is 37.1 Å². The van der Waals surface area contributed by atoms with Crippen molar-refractivity contribution < 1.29 is 14.3 Å². The number of fused-ring (bicyclic) bond motifs is 1. The molecule has 0 bridgehead atoms. The number of H-pyrrole nitrogens is 1. The molecule has 0 aliphatic carbocycles. The molecule has 32 heavy (non-hydrogen) atoms. The lowest BCUT2D eigenvalue weighted by atomic mass is 10.2. The third kappa shape index (κ3) is 5.88. The third-order valence-corrected chi connectivity index (χ3v) is 6.16. The number of morpholine rings is 1. The number of hydrogen-bond donors (Lipinski definition) is 2. The normalized spacial score (nSPS) is 20.7. The van der Waals surface area contributed by atoms with Crippen molar-refractivity contribution in [3.8, 4) is 0 Å². The molecule has 2 saturated heterocycles. The number of rotatable bonds is 7. The molecule has 2 fully saturated rings. The third-order valence-electron chi connectivity index (χ3n) is 6.16. The van der Waals surface area contributed by atoms with Gasteiger partial charge < -0.3 is 19.9 Å². The molecule has 3 heterocycles. The summed E-state index contributed by atoms with van der Waals surface area (Å²) in [6.45, 7) is 11.6. The number of para-hydroxylation sites is 1. The monoisotopic (exact) mass is 441 g/mol. The summed E-state index contributed by atoms with van der Waals surface area (Å²) >= 11 is 0. The number of nitrogens with zero attached hydrogens (tertiary/aromatic N) is 3. The van der Waals surface area contributed by atoms with Crippen LogP contribution in [0.3, 0.4) is 0 Å². The maximum atomic E-state index is 12.8. The molecule has 1 unspecified atom stereocenters. The number of piperazine rings is 1. The zero-order chi connectivity index (χ0) is 22.5. The lowest BCUT2D eigenvalue weighted by molar-refractivity contribution is -0.123. The predicted molar refractivity (Wildman–Crippen MR) is 125 cm³/mol. The Labute approximate surface area is 189 Å². The van der Waals surface area contributed by atoms with Crippen LogP contribution in [0.25, 0.3) is 10.9 Å². The zero-order valence-corrected chi connectivity index (χ0v) is 19.2. The standard InChI is InChI=1S/C24H35N5O3/c1-18(2)15-28-11-12-32-20(16-28)14-25-23(30)17-27-7-9-29(10-8-27)24(31)22-13-19-5-3-4-6-21(19)26-22/h3-6,13,18,20,26H,7-12,14-17H2,1-2H3,(H,25,30). The van der Waals surface area contributed by atoms with Crippen LogP contribution in [0.15, 0.2) is 30.3 Å². The van der Waals surface area contributed by atoms with Crippen molar-refractivity contribution in [2.24, 2.45) is 5.92 Å². The van der Waals surface area contributed by atoms with Crippen molar-refractivity contribution in [2.75, 3.05) is 65.5 Å². The highest BCUT2D eigenvalue weighted by atomic mass is 16.5. The molecule has 8 heteroatoms. The van der Waals surface area contributed by atoms with Crippen molar-refractivity contribution in [1.82, 2.24) is 25.0 Å². The SMILES string of the molecule is CC(C)CN1CCOC(CNC(=O)CN2CCN(C(=O)c3cc4ccccc4[nH]3)CC2)C1. The van der Waals surface area contributed by atoms with Crippen molar-refractivity contribution in [3.05, 3.63) is 36.0 Å². The molecular weight excluding hydrogens is 406 g/mol. The second-order valence-corrected chi connectivity index (χ2v) is 9.29. The van der Waals surface area contributed by atoms with E-state index in [-0.39, 0.29) is 17.9 Å². The average Bonchev–Trinajstić information content (AvgIpc) is 3.22. The summed E-state index contributed by atoms with van der Waals surface area (Å²) in [7, 11) is 0. The number of carbonyl (C=O) groups excluding carboxylic acids is 2. The molecular formula is C24H35N5O3. The number of amides is 2. The Morgan fingerprint density at radius 2 is 1.91 bits per heavy atom. The molecule has 4 rings (SSSR count). The molecule has 0 spiro atoms. The first-order chi connectivity index (χ1) is 15.5. The summed E-state index contributed by atoms with van der Waals surface area (Å²) < 4.78 is 5.82. The molecule has 2 aromatic rings. The molecule has 2 aliphatic heterocycles. The van der Waals surface area contributed by atoms with E-state index < -0.39 is 0 Å². The van der Waals surface area contributed by atoms with Gasteiger partial charge in [-0.05, 0) is 18.1 Å². The Kier molecular flexibility index (Phi) is 7.44. The number of nitrogens with one attached hydrogen (secondary N) is 2. The average molecular weight is 442 g/mol. The van der Waals surface area contributed by atoms with Gasteiger partial charge in [-0.3, -0.25) is 19.4 Å². The highest BCUT2D eigenvalue weighted by molar-refractivity contribution is 5.98. The minimum atomic E-state index is 0.0185. The van der Waals surface area contributed by atoms with Gasteiger partial charge in [0, 0.05) is 63.3 Å². The first-order valence-electron chi connectivity index (χ1n) is 11.7. The van der Waals surface area contributed by atoms with Crippen LogP contribution in [0.4, 0.5) is 0 Å². The Morgan fingerprint density at radius 3 is 2.66 bits per heavy atom. The molecule has 1 atom stereocenters. The number of ether oxygens (including phenoxy) is 1. The molecule has 2 amide bonds. The van der Waals surface area contributed by atoms with Crippen LogP contribution in [0.5, 0.6) is 0 Å². The number of aromatic amines is 1. The van der Waals surface area contributed by atoms with E-state index >= 15 is 0 Å². The van der Waals surface area contributed by atoms with Crippen molar-refractivity contribution >= 4 is 22.7 Å². The highest BCUT2D eigenvalue weighted by Crippen LogP contribution is 2.17. The van der Waals surface area contributed by atoms with Gasteiger partial charge in [-0.2, -0.15) is 0 Å². The van der Waals surface area contributed by atoms with E-state index in [0.29, 0.717) is 50.9 Å². The molecule has 8 nitrogen and oxygen atoms in total. The van der Waals surface area contributed by atoms with Crippen LogP contribution >= 0.6 is 0 Å². The fraction of sp³-hybridized carbons (Fsp3) is 0.583. The van der Waals surface area contributed by atoms with E-state index in [9.17, 15) is 9.59 Å². The summed E-state index contributed by atoms with van der Waals surface area (Å²) in [5, 5.41) is 4.07. The van der Waals surface area contributed by atoms with Gasteiger partial charge in [0.2, 0.25) is 5.91 Å². The van der Waals surface area contributed by atoms with Crippen LogP contribution in [0, 0.1) is 5.92 Å². The van der Waals surface area contributed by atoms with Crippen LogP contribution in [-0.2, 0) is 9.53 Å². The summed E-state index contributed by atoms with van der Waals surface area (Å²) in [6.07, 6.45) is 0.0530. The molecule has 1 aromatic carbocycles. The van der Waals surface area contributed by atoms with Gasteiger partial charge in [0.25, 0.3) is 5.91 Å². The fourth-order valence-corrected chi connectivity index (χ4v) is 4.54. The Hall–Kier alpha value is -2.42. The van der Waals surface area contributed by atoms with E-state index in [1.807, 2.05) is 35.2 Å². The number of carbonyl (C=O) groups is 2. The molecule has 2 aliphatic rings. The van der Waals surface area contributed by atoms with Gasteiger partial charge in [0.1, 0.15) is 5.69 Å². The van der Waals surface area contributed by atoms with E-state index in [1.165, 1.54) is 0 Å². The number of benzene rings is 1. The maximum Gasteiger partial charge on any atom is 0.270 e. The van der Waals surface area contributed by atoms with Crippen molar-refractivity contribution in [2.45, 2.75) is 20.0 Å². The number of hydrogen-bond acceptors (Lipinski definition) is 5. The lowest BCUT2D eigenvalue weighted by Crippen LogP contribution is -2.52. The van der Waals surface area contributed by atoms with Crippen LogP contribution in [0.2, 0.25) is 0 Å². The molecule has 1 aromatic heterocycles. The second-order valence-electron chi connectivity index (χ2n) is 9.29. The first kappa shape index (κ1) is 22.8. The van der Waals surface area contributed by atoms with Crippen LogP contribution in [0.1, 0.15) is 24.3 Å². The van der Waals surface area contributed by atoms with Gasteiger partial charge >= 0.3 is 0 Å². The van der Waals surface area contributed by atoms with Crippen molar-refractivity contribution in [1.29, 1.82) is 0 Å². The maximum absolute atomic E-state index is 12.8. The summed E-state index contributed by atoms with van der Waals surface area (Å²) in [5.74, 6) is 0.667. The van der Waals surface area contributed by atoms with Gasteiger partial charge in [0.15, 0.2) is 0 Å². The number of aromatic nitrogens is 1. The quantitative estimate of drug-likeness (QED) is 0.679. The fourth-order valence-electron chi connectivity index (χ4n) is 4.54. The summed E-state index contributed by atoms with van der Waals surface area (Å²) in [6, 6.07) is 9.81. The smallest absolute Gasteiger partial charge is 0.270 e. The summed E-state index contributed by atoms with van der Waals surface area (Å²) in [4.78, 5) is 34.9. The Bertz CT molecular complexity index is 886. The van der Waals surface area contributed by atoms with E-state index in [4.69, 9.17) is 4.74 Å². The van der Waals surface area contributed by atoms with E-state index in [2.05, 4.69) is 33.9 Å². The topological polar surface area (TPSA) is 80.9 Å². The van der Waals surface area contributed by atoms with Gasteiger partial charge in [0.05, 0.1) is 19.3 Å². The molecule has 2 N–H and O–H groups in total. The first-order valence-corrected chi connectivity index (χ1v) is 11.7. The molecule has 0 saturated carbocycles. The van der Waals surface area contributed by atoms with Crippen molar-refractivity contribution in [3.63, 3.8) is 0 Å². The minimum absolute atomic E-state index is 0.0185. The van der Waals surface area contributed by atoms with Crippen LogP contribution in [-0.4, -0.2) is 103 Å². The van der Waals surface area contributed by atoms with Crippen LogP contribution < -0.4 is 5.32 Å². The van der Waals surface area contributed by atoms with E-state index in [1.54, 1.807) is 0 Å². The Balaban J connectivity index is 1.18. The van der Waals surface area contributed by atoms with Gasteiger partial charge in [-0.15, -0.1) is 0 Å². The Morgan fingerprint density at radius 1 is 1.12 bits per heavy atom. The summed E-state index contributed by atoms with van der Waals surface area (Å²) in [5.41, 5.74) is 1.59. The predicted octanol–water partition coefficient (Wildman–Crippen LogP) is 1.40. The largest absolute Gasteiger partial charge is 0.374 e. The molecule has 0 radical (unpaired) electrons. The zero-order valence-electron chi connectivity index (χ0n) is 19.2. The molecule has 174 valence electrons. The minimum Gasteiger partial charge on any atom is -0.374 e.